The van der Waals surface area contributed by atoms with Gasteiger partial charge in [0.05, 0.1) is 21.3 Å². The zero-order valence-electron chi connectivity index (χ0n) is 14.8. The third-order valence-electron chi connectivity index (χ3n) is 4.23. The molecule has 0 aliphatic heterocycles. The average molecular weight is 357 g/mol. The van der Waals surface area contributed by atoms with Gasteiger partial charge in [-0.2, -0.15) is 0 Å². The highest BCUT2D eigenvalue weighted by atomic mass is 32.1. The van der Waals surface area contributed by atoms with Gasteiger partial charge in [-0.1, -0.05) is 18.2 Å². The Hall–Kier alpha value is -2.24. The van der Waals surface area contributed by atoms with Gasteiger partial charge in [0.25, 0.3) is 0 Å². The average Bonchev–Trinajstić information content (AvgIpc) is 3.14. The van der Waals surface area contributed by atoms with E-state index in [1.165, 1.54) is 15.6 Å². The molecule has 0 saturated heterocycles. The van der Waals surface area contributed by atoms with Gasteiger partial charge in [0.2, 0.25) is 0 Å². The quantitative estimate of drug-likeness (QED) is 0.612. The Labute approximate surface area is 152 Å². The number of methoxy groups -OCH3 is 3. The van der Waals surface area contributed by atoms with Crippen molar-refractivity contribution in [1.29, 1.82) is 0 Å². The number of nitrogens with one attached hydrogen (secondary N) is 1. The minimum atomic E-state index is 0.681. The number of hydrogen-bond donors (Lipinski definition) is 1. The standard InChI is InChI=1S/C20H23NO3S/c1-22-17-12-19(24-3)18(23-2)11-15(17)7-9-21-13-16-6-4-5-14-8-10-25-20(14)16/h4-6,8,10-12,21H,7,9,13H2,1-3H3. The highest BCUT2D eigenvalue weighted by molar-refractivity contribution is 7.17. The van der Waals surface area contributed by atoms with Crippen LogP contribution in [0.25, 0.3) is 10.1 Å². The number of thiophene rings is 1. The highest BCUT2D eigenvalue weighted by Crippen LogP contribution is 2.34. The van der Waals surface area contributed by atoms with E-state index < -0.39 is 0 Å². The Morgan fingerprint density at radius 1 is 0.880 bits per heavy atom. The summed E-state index contributed by atoms with van der Waals surface area (Å²) in [7, 11) is 4.95. The molecule has 5 heteroatoms. The second-order valence-corrected chi connectivity index (χ2v) is 6.62. The van der Waals surface area contributed by atoms with Crippen molar-refractivity contribution in [2.75, 3.05) is 27.9 Å². The highest BCUT2D eigenvalue weighted by Gasteiger charge is 2.11. The maximum Gasteiger partial charge on any atom is 0.164 e. The van der Waals surface area contributed by atoms with Crippen molar-refractivity contribution in [2.45, 2.75) is 13.0 Å². The normalized spacial score (nSPS) is 10.8. The molecule has 0 aliphatic rings. The van der Waals surface area contributed by atoms with Crippen molar-refractivity contribution >= 4 is 21.4 Å². The molecule has 0 spiro atoms. The smallest absolute Gasteiger partial charge is 0.164 e. The second-order valence-electron chi connectivity index (χ2n) is 5.70. The number of hydrogen-bond acceptors (Lipinski definition) is 5. The summed E-state index contributed by atoms with van der Waals surface area (Å²) < 4.78 is 17.6. The molecule has 0 bridgehead atoms. The molecule has 25 heavy (non-hydrogen) atoms. The molecule has 2 aromatic carbocycles. The molecule has 0 radical (unpaired) electrons. The monoisotopic (exact) mass is 357 g/mol. The molecule has 132 valence electrons. The van der Waals surface area contributed by atoms with Gasteiger partial charge in [-0.15, -0.1) is 11.3 Å². The summed E-state index contributed by atoms with van der Waals surface area (Å²) in [5.74, 6) is 2.22. The zero-order chi connectivity index (χ0) is 17.6. The van der Waals surface area contributed by atoms with E-state index in [2.05, 4.69) is 35.0 Å². The molecule has 1 N–H and O–H groups in total. The molecular formula is C20H23NO3S. The van der Waals surface area contributed by atoms with Crippen LogP contribution in [0.2, 0.25) is 0 Å². The molecule has 3 aromatic rings. The van der Waals surface area contributed by atoms with Gasteiger partial charge in [-0.3, -0.25) is 0 Å². The van der Waals surface area contributed by atoms with Crippen LogP contribution in [-0.4, -0.2) is 27.9 Å². The van der Waals surface area contributed by atoms with Crippen LogP contribution in [0, 0.1) is 0 Å². The molecule has 1 aromatic heterocycles. The summed E-state index contributed by atoms with van der Waals surface area (Å²) in [5.41, 5.74) is 2.44. The largest absolute Gasteiger partial charge is 0.496 e. The van der Waals surface area contributed by atoms with Crippen LogP contribution in [0.4, 0.5) is 0 Å². The van der Waals surface area contributed by atoms with Gasteiger partial charge >= 0.3 is 0 Å². The van der Waals surface area contributed by atoms with Crippen molar-refractivity contribution in [2.24, 2.45) is 0 Å². The van der Waals surface area contributed by atoms with E-state index >= 15 is 0 Å². The fourth-order valence-electron chi connectivity index (χ4n) is 2.93. The van der Waals surface area contributed by atoms with Crippen molar-refractivity contribution in [3.63, 3.8) is 0 Å². The van der Waals surface area contributed by atoms with E-state index in [1.54, 1.807) is 32.7 Å². The first-order valence-corrected chi connectivity index (χ1v) is 9.09. The molecule has 1 heterocycles. The van der Waals surface area contributed by atoms with Crippen molar-refractivity contribution in [3.05, 3.63) is 52.9 Å². The molecule has 0 fully saturated rings. The summed E-state index contributed by atoms with van der Waals surface area (Å²) in [6.07, 6.45) is 0.851. The molecule has 0 amide bonds. The lowest BCUT2D eigenvalue weighted by Gasteiger charge is -2.14. The molecule has 4 nitrogen and oxygen atoms in total. The van der Waals surface area contributed by atoms with E-state index in [-0.39, 0.29) is 0 Å². The summed E-state index contributed by atoms with van der Waals surface area (Å²) in [6, 6.07) is 12.5. The van der Waals surface area contributed by atoms with Crippen LogP contribution in [0.15, 0.2) is 41.8 Å². The third-order valence-corrected chi connectivity index (χ3v) is 5.24. The van der Waals surface area contributed by atoms with Crippen molar-refractivity contribution in [1.82, 2.24) is 5.32 Å². The zero-order valence-corrected chi connectivity index (χ0v) is 15.6. The Balaban J connectivity index is 1.64. The van der Waals surface area contributed by atoms with E-state index in [0.717, 1.165) is 36.6 Å². The minimum absolute atomic E-state index is 0.681. The number of ether oxygens (including phenoxy) is 3. The summed E-state index contributed by atoms with van der Waals surface area (Å²) in [6.45, 7) is 1.71. The summed E-state index contributed by atoms with van der Waals surface area (Å²) >= 11 is 1.79. The summed E-state index contributed by atoms with van der Waals surface area (Å²) in [4.78, 5) is 0. The first kappa shape index (κ1) is 17.6. The van der Waals surface area contributed by atoms with E-state index in [9.17, 15) is 0 Å². The molecule has 0 aliphatic carbocycles. The number of rotatable bonds is 8. The first-order chi connectivity index (χ1) is 12.3. The van der Waals surface area contributed by atoms with Crippen LogP contribution in [0.1, 0.15) is 11.1 Å². The second kappa shape index (κ2) is 8.23. The fraction of sp³-hybridized carbons (Fsp3) is 0.300. The lowest BCUT2D eigenvalue weighted by Crippen LogP contribution is -2.17. The van der Waals surface area contributed by atoms with Crippen LogP contribution in [0.5, 0.6) is 17.2 Å². The minimum Gasteiger partial charge on any atom is -0.496 e. The lowest BCUT2D eigenvalue weighted by atomic mass is 10.1. The fourth-order valence-corrected chi connectivity index (χ4v) is 3.84. The molecule has 0 saturated carbocycles. The van der Waals surface area contributed by atoms with E-state index in [4.69, 9.17) is 14.2 Å². The Bertz CT molecular complexity index is 844. The molecule has 3 rings (SSSR count). The van der Waals surface area contributed by atoms with Gasteiger partial charge in [-0.25, -0.2) is 0 Å². The van der Waals surface area contributed by atoms with Crippen LogP contribution in [0.3, 0.4) is 0 Å². The summed E-state index contributed by atoms with van der Waals surface area (Å²) in [5, 5.41) is 6.98. The maximum absolute atomic E-state index is 5.49. The Kier molecular flexibility index (Phi) is 5.79. The van der Waals surface area contributed by atoms with Crippen molar-refractivity contribution in [3.8, 4) is 17.2 Å². The van der Waals surface area contributed by atoms with Gasteiger partial charge < -0.3 is 19.5 Å². The predicted molar refractivity (Wildman–Crippen MR) is 103 cm³/mol. The Morgan fingerprint density at radius 3 is 2.40 bits per heavy atom. The van der Waals surface area contributed by atoms with Crippen LogP contribution < -0.4 is 19.5 Å². The topological polar surface area (TPSA) is 39.7 Å². The van der Waals surface area contributed by atoms with Gasteiger partial charge in [0.1, 0.15) is 5.75 Å². The van der Waals surface area contributed by atoms with E-state index in [1.807, 2.05) is 12.1 Å². The lowest BCUT2D eigenvalue weighted by molar-refractivity contribution is 0.347. The van der Waals surface area contributed by atoms with Gasteiger partial charge in [0, 0.05) is 17.3 Å². The number of fused-ring (bicyclic) bond motifs is 1. The van der Waals surface area contributed by atoms with Gasteiger partial charge in [-0.05, 0) is 47.0 Å². The predicted octanol–water partition coefficient (Wildman–Crippen LogP) is 4.26. The van der Waals surface area contributed by atoms with Crippen molar-refractivity contribution < 1.29 is 14.2 Å². The molecule has 0 unspecified atom stereocenters. The van der Waals surface area contributed by atoms with Crippen LogP contribution >= 0.6 is 11.3 Å². The molecular weight excluding hydrogens is 334 g/mol. The first-order valence-electron chi connectivity index (χ1n) is 8.21. The SMILES string of the molecule is COc1cc(OC)c(OC)cc1CCNCc1cccc2ccsc12. The number of benzene rings is 2. The maximum atomic E-state index is 5.49. The van der Waals surface area contributed by atoms with Crippen LogP contribution in [-0.2, 0) is 13.0 Å². The Morgan fingerprint density at radius 2 is 1.64 bits per heavy atom. The van der Waals surface area contributed by atoms with Gasteiger partial charge in [0.15, 0.2) is 11.5 Å². The van der Waals surface area contributed by atoms with E-state index in [0.29, 0.717) is 5.75 Å². The molecule has 0 atom stereocenters. The third kappa shape index (κ3) is 3.89.